The molecule has 0 saturated heterocycles. The maximum atomic E-state index is 12.2. The van der Waals surface area contributed by atoms with Crippen molar-refractivity contribution >= 4 is 23.6 Å². The zero-order valence-corrected chi connectivity index (χ0v) is 17.4. The Balaban J connectivity index is 1.96. The number of aryl methyl sites for hydroxylation is 1. The van der Waals surface area contributed by atoms with Crippen molar-refractivity contribution in [3.05, 3.63) is 59.2 Å². The maximum Gasteiger partial charge on any atom is 0.331 e. The number of nitrogens with one attached hydrogen (secondary N) is 1. The quantitative estimate of drug-likeness (QED) is 0.530. The molecule has 2 rings (SSSR count). The van der Waals surface area contributed by atoms with Crippen molar-refractivity contribution in [2.24, 2.45) is 0 Å². The van der Waals surface area contributed by atoms with Crippen LogP contribution < -0.4 is 14.8 Å². The van der Waals surface area contributed by atoms with E-state index in [0.717, 1.165) is 16.8 Å². The predicted molar refractivity (Wildman–Crippen MR) is 113 cm³/mol. The highest BCUT2D eigenvalue weighted by Crippen LogP contribution is 2.27. The first kappa shape index (κ1) is 22.0. The molecule has 1 N–H and O–H groups in total. The third-order valence-electron chi connectivity index (χ3n) is 4.38. The number of esters is 1. The number of hydrogen-bond acceptors (Lipinski definition) is 5. The van der Waals surface area contributed by atoms with E-state index in [4.69, 9.17) is 14.2 Å². The van der Waals surface area contributed by atoms with Crippen LogP contribution in [0.5, 0.6) is 11.5 Å². The summed E-state index contributed by atoms with van der Waals surface area (Å²) in [6.07, 6.45) is 2.82. The molecule has 0 aromatic heterocycles. The van der Waals surface area contributed by atoms with Crippen LogP contribution >= 0.6 is 0 Å². The molecule has 2 aromatic rings. The molecule has 0 unspecified atom stereocenters. The molecule has 0 aliphatic rings. The summed E-state index contributed by atoms with van der Waals surface area (Å²) in [5.41, 5.74) is 3.46. The normalized spacial score (nSPS) is 10.8. The van der Waals surface area contributed by atoms with Gasteiger partial charge in [0.15, 0.2) is 6.61 Å². The highest BCUT2D eigenvalue weighted by atomic mass is 16.5. The largest absolute Gasteiger partial charge is 0.497 e. The predicted octanol–water partition coefficient (Wildman–Crippen LogP) is 4.33. The molecule has 6 heteroatoms. The minimum atomic E-state index is -0.619. The number of hydrogen-bond donors (Lipinski definition) is 1. The number of methoxy groups -OCH3 is 2. The molecule has 0 saturated carbocycles. The fourth-order valence-electron chi connectivity index (χ4n) is 2.82. The summed E-state index contributed by atoms with van der Waals surface area (Å²) in [6.45, 7) is 5.68. The van der Waals surface area contributed by atoms with Crippen molar-refractivity contribution < 1.29 is 23.8 Å². The summed E-state index contributed by atoms with van der Waals surface area (Å²) in [5, 5.41) is 2.85. The highest BCUT2D eigenvalue weighted by molar-refractivity contribution is 5.95. The average Bonchev–Trinajstić information content (AvgIpc) is 2.71. The van der Waals surface area contributed by atoms with Crippen LogP contribution in [0.25, 0.3) is 6.08 Å². The topological polar surface area (TPSA) is 73.9 Å². The third-order valence-corrected chi connectivity index (χ3v) is 4.38. The highest BCUT2D eigenvalue weighted by Gasteiger charge is 2.13. The van der Waals surface area contributed by atoms with E-state index in [1.54, 1.807) is 31.4 Å². The van der Waals surface area contributed by atoms with Gasteiger partial charge in [0.25, 0.3) is 5.91 Å². The molecule has 1 amide bonds. The van der Waals surface area contributed by atoms with Gasteiger partial charge >= 0.3 is 5.97 Å². The van der Waals surface area contributed by atoms with Crippen LogP contribution in [0.2, 0.25) is 0 Å². The van der Waals surface area contributed by atoms with Crippen LogP contribution in [-0.2, 0) is 14.3 Å². The van der Waals surface area contributed by atoms with Crippen molar-refractivity contribution in [2.75, 3.05) is 26.1 Å². The van der Waals surface area contributed by atoms with Gasteiger partial charge in [0.05, 0.1) is 14.2 Å². The smallest absolute Gasteiger partial charge is 0.331 e. The lowest BCUT2D eigenvalue weighted by Crippen LogP contribution is -2.21. The van der Waals surface area contributed by atoms with E-state index in [9.17, 15) is 9.59 Å². The van der Waals surface area contributed by atoms with Crippen LogP contribution in [0.4, 0.5) is 5.69 Å². The van der Waals surface area contributed by atoms with Gasteiger partial charge in [-0.05, 0) is 42.2 Å². The van der Waals surface area contributed by atoms with Gasteiger partial charge < -0.3 is 19.5 Å². The number of carbonyl (C=O) groups excluding carboxylic acids is 2. The Bertz CT molecular complexity index is 902. The van der Waals surface area contributed by atoms with Gasteiger partial charge in [-0.15, -0.1) is 0 Å². The first-order valence-corrected chi connectivity index (χ1v) is 9.32. The van der Waals surface area contributed by atoms with Gasteiger partial charge in [0.2, 0.25) is 0 Å². The Morgan fingerprint density at radius 3 is 2.52 bits per heavy atom. The maximum absolute atomic E-state index is 12.2. The minimum absolute atomic E-state index is 0.259. The van der Waals surface area contributed by atoms with Gasteiger partial charge in [0, 0.05) is 23.4 Å². The summed E-state index contributed by atoms with van der Waals surface area (Å²) in [5.74, 6) is 0.467. The van der Waals surface area contributed by atoms with Crippen LogP contribution in [-0.4, -0.2) is 32.7 Å². The van der Waals surface area contributed by atoms with Crippen molar-refractivity contribution in [3.63, 3.8) is 0 Å². The summed E-state index contributed by atoms with van der Waals surface area (Å²) in [6, 6.07) is 11.1. The van der Waals surface area contributed by atoms with E-state index in [-0.39, 0.29) is 18.4 Å². The second kappa shape index (κ2) is 10.3. The zero-order chi connectivity index (χ0) is 21.4. The fourth-order valence-corrected chi connectivity index (χ4v) is 2.82. The Morgan fingerprint density at radius 1 is 1.10 bits per heavy atom. The minimum Gasteiger partial charge on any atom is -0.497 e. The van der Waals surface area contributed by atoms with Crippen LogP contribution in [0, 0.1) is 6.92 Å². The van der Waals surface area contributed by atoms with E-state index in [0.29, 0.717) is 17.1 Å². The van der Waals surface area contributed by atoms with E-state index in [2.05, 4.69) is 19.2 Å². The molecule has 0 bridgehead atoms. The lowest BCUT2D eigenvalue weighted by molar-refractivity contribution is -0.142. The average molecular weight is 397 g/mol. The Kier molecular flexibility index (Phi) is 7.83. The van der Waals surface area contributed by atoms with Crippen molar-refractivity contribution in [2.45, 2.75) is 26.7 Å². The standard InChI is InChI=1S/C23H27NO5/c1-15(2)19-8-6-7-16(3)23(19)24-21(25)14-29-22(26)12-10-17-9-11-18(27-4)13-20(17)28-5/h6-13,15H,14H2,1-5H3,(H,24,25)/b12-10+. The molecule has 154 valence electrons. The molecule has 0 heterocycles. The van der Waals surface area contributed by atoms with Crippen molar-refractivity contribution in [1.82, 2.24) is 0 Å². The molecule has 6 nitrogen and oxygen atoms in total. The van der Waals surface area contributed by atoms with Gasteiger partial charge in [-0.1, -0.05) is 32.0 Å². The summed E-state index contributed by atoms with van der Waals surface area (Å²) < 4.78 is 15.5. The summed E-state index contributed by atoms with van der Waals surface area (Å²) >= 11 is 0. The van der Waals surface area contributed by atoms with Gasteiger partial charge in [-0.2, -0.15) is 0 Å². The van der Waals surface area contributed by atoms with Crippen molar-refractivity contribution in [1.29, 1.82) is 0 Å². The summed E-state index contributed by atoms with van der Waals surface area (Å²) in [7, 11) is 3.10. The SMILES string of the molecule is COc1ccc(/C=C/C(=O)OCC(=O)Nc2c(C)cccc2C(C)C)c(OC)c1. The molecule has 0 atom stereocenters. The molecule has 0 fully saturated rings. The fraction of sp³-hybridized carbons (Fsp3) is 0.304. The first-order chi connectivity index (χ1) is 13.8. The lowest BCUT2D eigenvalue weighted by atomic mass is 9.98. The molecule has 2 aromatic carbocycles. The van der Waals surface area contributed by atoms with Gasteiger partial charge in [-0.3, -0.25) is 4.79 Å². The monoisotopic (exact) mass is 397 g/mol. The van der Waals surface area contributed by atoms with Crippen LogP contribution in [0.1, 0.15) is 36.5 Å². The number of amides is 1. The number of para-hydroxylation sites is 1. The summed E-state index contributed by atoms with van der Waals surface area (Å²) in [4.78, 5) is 24.2. The molecular weight excluding hydrogens is 370 g/mol. The first-order valence-electron chi connectivity index (χ1n) is 9.32. The van der Waals surface area contributed by atoms with E-state index in [1.807, 2.05) is 25.1 Å². The molecule has 29 heavy (non-hydrogen) atoms. The number of ether oxygens (including phenoxy) is 3. The van der Waals surface area contributed by atoms with E-state index >= 15 is 0 Å². The Labute approximate surface area is 171 Å². The van der Waals surface area contributed by atoms with Crippen LogP contribution in [0.15, 0.2) is 42.5 Å². The molecule has 0 radical (unpaired) electrons. The number of benzene rings is 2. The third kappa shape index (κ3) is 6.10. The molecule has 0 aliphatic carbocycles. The van der Waals surface area contributed by atoms with Gasteiger partial charge in [0.1, 0.15) is 11.5 Å². The zero-order valence-electron chi connectivity index (χ0n) is 17.4. The number of carbonyl (C=O) groups is 2. The molecule has 0 aliphatic heterocycles. The molecule has 0 spiro atoms. The Hall–Kier alpha value is -3.28. The van der Waals surface area contributed by atoms with E-state index in [1.165, 1.54) is 13.2 Å². The second-order valence-electron chi connectivity index (χ2n) is 6.79. The molecular formula is C23H27NO5. The lowest BCUT2D eigenvalue weighted by Gasteiger charge is -2.16. The number of anilines is 1. The van der Waals surface area contributed by atoms with Crippen LogP contribution in [0.3, 0.4) is 0 Å². The Morgan fingerprint density at radius 2 is 1.86 bits per heavy atom. The van der Waals surface area contributed by atoms with Gasteiger partial charge in [-0.25, -0.2) is 4.79 Å². The second-order valence-corrected chi connectivity index (χ2v) is 6.79. The van der Waals surface area contributed by atoms with Crippen molar-refractivity contribution in [3.8, 4) is 11.5 Å². The van der Waals surface area contributed by atoms with E-state index < -0.39 is 5.97 Å². The number of rotatable bonds is 8.